The summed E-state index contributed by atoms with van der Waals surface area (Å²) >= 11 is 0. The summed E-state index contributed by atoms with van der Waals surface area (Å²) in [6.45, 7) is 4.41. The summed E-state index contributed by atoms with van der Waals surface area (Å²) in [6, 6.07) is 0.323. The average molecular weight is 265 g/mol. The summed E-state index contributed by atoms with van der Waals surface area (Å²) in [5.74, 6) is 0. The van der Waals surface area contributed by atoms with E-state index in [2.05, 4.69) is 5.32 Å². The van der Waals surface area contributed by atoms with Crippen molar-refractivity contribution in [1.29, 1.82) is 0 Å². The Morgan fingerprint density at radius 2 is 1.83 bits per heavy atom. The zero-order valence-corrected chi connectivity index (χ0v) is 10.7. The van der Waals surface area contributed by atoms with Crippen LogP contribution in [0.3, 0.4) is 0 Å². The van der Waals surface area contributed by atoms with Crippen molar-refractivity contribution in [2.45, 2.75) is 50.6 Å². The molecule has 5 N–H and O–H groups in total. The molecule has 7 nitrogen and oxygen atoms in total. The minimum atomic E-state index is -1.39. The van der Waals surface area contributed by atoms with Gasteiger partial charge in [0.1, 0.15) is 24.4 Å². The van der Waals surface area contributed by atoms with Crippen LogP contribution in [0.15, 0.2) is 0 Å². The Kier molecular flexibility index (Phi) is 6.44. The molecule has 1 rings (SSSR count). The molecular formula is C11H23NO6. The van der Waals surface area contributed by atoms with E-state index in [4.69, 9.17) is 14.6 Å². The van der Waals surface area contributed by atoms with Crippen LogP contribution in [0.25, 0.3) is 0 Å². The van der Waals surface area contributed by atoms with Crippen molar-refractivity contribution in [2.75, 3.05) is 19.8 Å². The second-order valence-electron chi connectivity index (χ2n) is 4.68. The SMILES string of the molecule is CC(C)NCCO[C@@H]1OC(CO)[C@@H](O)[C@H](O)C1O. The minimum Gasteiger partial charge on any atom is -0.394 e. The first kappa shape index (κ1) is 15.8. The number of rotatable bonds is 6. The van der Waals surface area contributed by atoms with E-state index in [9.17, 15) is 15.3 Å². The number of hydrogen-bond acceptors (Lipinski definition) is 7. The fourth-order valence-electron chi connectivity index (χ4n) is 1.73. The lowest BCUT2D eigenvalue weighted by molar-refractivity contribution is -0.300. The highest BCUT2D eigenvalue weighted by Gasteiger charge is 2.43. The zero-order chi connectivity index (χ0) is 13.7. The molecule has 1 fully saturated rings. The van der Waals surface area contributed by atoms with Crippen LogP contribution in [0.5, 0.6) is 0 Å². The Morgan fingerprint density at radius 1 is 1.17 bits per heavy atom. The fraction of sp³-hybridized carbons (Fsp3) is 1.00. The van der Waals surface area contributed by atoms with Crippen LogP contribution in [0, 0.1) is 0 Å². The molecular weight excluding hydrogens is 242 g/mol. The average Bonchev–Trinajstić information content (AvgIpc) is 2.34. The van der Waals surface area contributed by atoms with Crippen molar-refractivity contribution in [1.82, 2.24) is 5.32 Å². The summed E-state index contributed by atoms with van der Waals surface area (Å²) in [6.07, 6.45) is -6.04. The van der Waals surface area contributed by atoms with E-state index < -0.39 is 37.3 Å². The van der Waals surface area contributed by atoms with E-state index in [0.29, 0.717) is 19.2 Å². The number of nitrogens with one attached hydrogen (secondary N) is 1. The highest BCUT2D eigenvalue weighted by Crippen LogP contribution is 2.21. The maximum atomic E-state index is 9.67. The topological polar surface area (TPSA) is 111 Å². The number of ether oxygens (including phenoxy) is 2. The molecule has 1 saturated heterocycles. The van der Waals surface area contributed by atoms with Gasteiger partial charge in [0, 0.05) is 12.6 Å². The van der Waals surface area contributed by atoms with E-state index in [1.54, 1.807) is 0 Å². The van der Waals surface area contributed by atoms with Gasteiger partial charge in [0.2, 0.25) is 0 Å². The Morgan fingerprint density at radius 3 is 2.39 bits per heavy atom. The molecule has 0 aromatic heterocycles. The van der Waals surface area contributed by atoms with Crippen LogP contribution >= 0.6 is 0 Å². The normalized spacial score (nSPS) is 37.2. The van der Waals surface area contributed by atoms with Crippen molar-refractivity contribution in [2.24, 2.45) is 0 Å². The van der Waals surface area contributed by atoms with E-state index in [-0.39, 0.29) is 0 Å². The third kappa shape index (κ3) is 4.13. The van der Waals surface area contributed by atoms with E-state index in [0.717, 1.165) is 0 Å². The molecule has 1 aliphatic rings. The smallest absolute Gasteiger partial charge is 0.186 e. The van der Waals surface area contributed by atoms with Crippen LogP contribution < -0.4 is 5.32 Å². The first-order valence-electron chi connectivity index (χ1n) is 6.13. The quantitative estimate of drug-likeness (QED) is 0.347. The molecule has 0 amide bonds. The van der Waals surface area contributed by atoms with Crippen LogP contribution in [0.2, 0.25) is 0 Å². The zero-order valence-electron chi connectivity index (χ0n) is 10.7. The van der Waals surface area contributed by atoms with Gasteiger partial charge >= 0.3 is 0 Å². The lowest BCUT2D eigenvalue weighted by Gasteiger charge is -2.39. The van der Waals surface area contributed by atoms with Crippen molar-refractivity contribution < 1.29 is 29.9 Å². The van der Waals surface area contributed by atoms with Crippen molar-refractivity contribution >= 4 is 0 Å². The van der Waals surface area contributed by atoms with Crippen LogP contribution in [-0.2, 0) is 9.47 Å². The van der Waals surface area contributed by atoms with Crippen LogP contribution in [-0.4, -0.2) is 76.9 Å². The maximum Gasteiger partial charge on any atom is 0.186 e. The number of hydrogen-bond donors (Lipinski definition) is 5. The summed E-state index contributed by atoms with van der Waals surface area (Å²) in [7, 11) is 0. The van der Waals surface area contributed by atoms with Gasteiger partial charge in [0.25, 0.3) is 0 Å². The summed E-state index contributed by atoms with van der Waals surface area (Å²) < 4.78 is 10.5. The standard InChI is InChI=1S/C11H23NO6/c1-6(2)12-3-4-17-11-10(16)9(15)8(14)7(5-13)18-11/h6-16H,3-5H2,1-2H3/t7?,8-,9+,10?,11-/m1/s1. The van der Waals surface area contributed by atoms with Gasteiger partial charge in [-0.3, -0.25) is 0 Å². The largest absolute Gasteiger partial charge is 0.394 e. The van der Waals surface area contributed by atoms with Gasteiger partial charge < -0.3 is 35.2 Å². The summed E-state index contributed by atoms with van der Waals surface area (Å²) in [4.78, 5) is 0. The van der Waals surface area contributed by atoms with Gasteiger partial charge in [-0.05, 0) is 0 Å². The van der Waals surface area contributed by atoms with Crippen molar-refractivity contribution in [3.63, 3.8) is 0 Å². The molecule has 108 valence electrons. The Hall–Kier alpha value is -0.280. The van der Waals surface area contributed by atoms with Gasteiger partial charge in [0.15, 0.2) is 6.29 Å². The van der Waals surface area contributed by atoms with E-state index in [1.807, 2.05) is 13.8 Å². The molecule has 1 heterocycles. The highest BCUT2D eigenvalue weighted by molar-refractivity contribution is 4.88. The molecule has 0 aliphatic carbocycles. The van der Waals surface area contributed by atoms with E-state index in [1.165, 1.54) is 0 Å². The highest BCUT2D eigenvalue weighted by atomic mass is 16.7. The molecule has 0 saturated carbocycles. The van der Waals surface area contributed by atoms with Gasteiger partial charge in [0.05, 0.1) is 13.2 Å². The van der Waals surface area contributed by atoms with Crippen molar-refractivity contribution in [3.8, 4) is 0 Å². The Labute approximate surface area is 106 Å². The molecule has 0 aromatic rings. The molecule has 7 heteroatoms. The van der Waals surface area contributed by atoms with Gasteiger partial charge in [-0.15, -0.1) is 0 Å². The van der Waals surface area contributed by atoms with Gasteiger partial charge in [-0.2, -0.15) is 0 Å². The van der Waals surface area contributed by atoms with Crippen LogP contribution in [0.4, 0.5) is 0 Å². The van der Waals surface area contributed by atoms with Crippen LogP contribution in [0.1, 0.15) is 13.8 Å². The number of aliphatic hydroxyl groups is 4. The summed E-state index contributed by atoms with van der Waals surface area (Å²) in [5.41, 5.74) is 0. The third-order valence-electron chi connectivity index (χ3n) is 2.79. The lowest BCUT2D eigenvalue weighted by Crippen LogP contribution is -2.59. The molecule has 2 unspecified atom stereocenters. The molecule has 1 aliphatic heterocycles. The molecule has 0 spiro atoms. The Balaban J connectivity index is 2.39. The predicted octanol–water partition coefficient (Wildman–Crippen LogP) is -2.20. The molecule has 5 atom stereocenters. The second-order valence-corrected chi connectivity index (χ2v) is 4.68. The molecule has 0 aromatic carbocycles. The molecule has 0 bridgehead atoms. The first-order chi connectivity index (χ1) is 8.47. The first-order valence-corrected chi connectivity index (χ1v) is 6.13. The molecule has 0 radical (unpaired) electrons. The minimum absolute atomic E-state index is 0.293. The third-order valence-corrected chi connectivity index (χ3v) is 2.79. The van der Waals surface area contributed by atoms with Crippen molar-refractivity contribution in [3.05, 3.63) is 0 Å². The van der Waals surface area contributed by atoms with Gasteiger partial charge in [-0.25, -0.2) is 0 Å². The van der Waals surface area contributed by atoms with Gasteiger partial charge in [-0.1, -0.05) is 13.8 Å². The predicted molar refractivity (Wildman–Crippen MR) is 62.9 cm³/mol. The summed E-state index contributed by atoms with van der Waals surface area (Å²) in [5, 5.41) is 40.9. The monoisotopic (exact) mass is 265 g/mol. The lowest BCUT2D eigenvalue weighted by atomic mass is 9.99. The second kappa shape index (κ2) is 7.34. The molecule has 18 heavy (non-hydrogen) atoms. The van der Waals surface area contributed by atoms with E-state index >= 15 is 0 Å². The maximum absolute atomic E-state index is 9.67. The Bertz CT molecular complexity index is 238. The fourth-order valence-corrected chi connectivity index (χ4v) is 1.73. The number of aliphatic hydroxyl groups excluding tert-OH is 4.